The lowest BCUT2D eigenvalue weighted by Gasteiger charge is -2.24. The van der Waals surface area contributed by atoms with Crippen molar-refractivity contribution in [2.45, 2.75) is 18.3 Å². The van der Waals surface area contributed by atoms with Gasteiger partial charge < -0.3 is 14.0 Å². The summed E-state index contributed by atoms with van der Waals surface area (Å²) in [5.41, 5.74) is 1.20. The van der Waals surface area contributed by atoms with Crippen LogP contribution in [-0.4, -0.2) is 37.2 Å². The SMILES string of the molecule is Cn1cccc1C1SCC(=O)N1CCCn1ccnc1. The van der Waals surface area contributed by atoms with Crippen LogP contribution in [0.3, 0.4) is 0 Å². The van der Waals surface area contributed by atoms with Gasteiger partial charge in [-0.25, -0.2) is 4.98 Å². The highest BCUT2D eigenvalue weighted by atomic mass is 32.2. The summed E-state index contributed by atoms with van der Waals surface area (Å²) in [5.74, 6) is 0.827. The maximum absolute atomic E-state index is 12.1. The van der Waals surface area contributed by atoms with Gasteiger partial charge in [0.05, 0.1) is 17.8 Å². The van der Waals surface area contributed by atoms with Crippen molar-refractivity contribution in [3.8, 4) is 0 Å². The van der Waals surface area contributed by atoms with E-state index in [1.807, 2.05) is 41.3 Å². The molecule has 1 amide bonds. The molecule has 1 fully saturated rings. The third kappa shape index (κ3) is 2.60. The molecule has 106 valence electrons. The van der Waals surface area contributed by atoms with E-state index in [1.165, 1.54) is 5.69 Å². The zero-order valence-electron chi connectivity index (χ0n) is 11.5. The number of amides is 1. The summed E-state index contributed by atoms with van der Waals surface area (Å²) < 4.78 is 4.14. The van der Waals surface area contributed by atoms with E-state index in [2.05, 4.69) is 15.6 Å². The van der Waals surface area contributed by atoms with Crippen LogP contribution in [0.4, 0.5) is 0 Å². The molecule has 5 nitrogen and oxygen atoms in total. The maximum Gasteiger partial charge on any atom is 0.233 e. The minimum absolute atomic E-state index is 0.158. The summed E-state index contributed by atoms with van der Waals surface area (Å²) in [7, 11) is 2.03. The van der Waals surface area contributed by atoms with Gasteiger partial charge >= 0.3 is 0 Å². The number of carbonyl (C=O) groups is 1. The van der Waals surface area contributed by atoms with Crippen molar-refractivity contribution in [3.63, 3.8) is 0 Å². The predicted molar refractivity (Wildman–Crippen MR) is 79.2 cm³/mol. The highest BCUT2D eigenvalue weighted by Crippen LogP contribution is 2.38. The van der Waals surface area contributed by atoms with E-state index < -0.39 is 0 Å². The van der Waals surface area contributed by atoms with Crippen LogP contribution in [0.1, 0.15) is 17.5 Å². The Hall–Kier alpha value is -1.69. The van der Waals surface area contributed by atoms with E-state index in [0.29, 0.717) is 5.75 Å². The van der Waals surface area contributed by atoms with Crippen molar-refractivity contribution >= 4 is 17.7 Å². The van der Waals surface area contributed by atoms with Crippen LogP contribution in [0.2, 0.25) is 0 Å². The number of aromatic nitrogens is 3. The Morgan fingerprint density at radius 3 is 3.00 bits per heavy atom. The average Bonchev–Trinajstić information content (AvgIpc) is 3.14. The van der Waals surface area contributed by atoms with Gasteiger partial charge in [-0.05, 0) is 18.6 Å². The van der Waals surface area contributed by atoms with Gasteiger partial charge in [-0.3, -0.25) is 4.79 Å². The Bertz CT molecular complexity index is 578. The molecule has 1 aliphatic heterocycles. The molecule has 6 heteroatoms. The Kier molecular flexibility index (Phi) is 3.82. The molecule has 0 N–H and O–H groups in total. The molecule has 0 radical (unpaired) electrons. The fraction of sp³-hybridized carbons (Fsp3) is 0.429. The van der Waals surface area contributed by atoms with Gasteiger partial charge in [0.15, 0.2) is 0 Å². The molecule has 0 aliphatic carbocycles. The first-order valence-electron chi connectivity index (χ1n) is 6.74. The van der Waals surface area contributed by atoms with Crippen LogP contribution >= 0.6 is 11.8 Å². The first-order chi connectivity index (χ1) is 9.75. The van der Waals surface area contributed by atoms with E-state index in [4.69, 9.17) is 0 Å². The number of thioether (sulfide) groups is 1. The molecule has 2 aromatic heterocycles. The summed E-state index contributed by atoms with van der Waals surface area (Å²) in [6.45, 7) is 1.69. The molecule has 20 heavy (non-hydrogen) atoms. The van der Waals surface area contributed by atoms with Crippen LogP contribution in [0, 0.1) is 0 Å². The zero-order valence-corrected chi connectivity index (χ0v) is 12.3. The summed E-state index contributed by atoms with van der Waals surface area (Å²) in [6.07, 6.45) is 8.53. The van der Waals surface area contributed by atoms with E-state index >= 15 is 0 Å². The minimum Gasteiger partial charge on any atom is -0.352 e. The van der Waals surface area contributed by atoms with Crippen molar-refractivity contribution in [3.05, 3.63) is 42.7 Å². The summed E-state index contributed by atoms with van der Waals surface area (Å²) in [4.78, 5) is 18.1. The smallest absolute Gasteiger partial charge is 0.233 e. The van der Waals surface area contributed by atoms with Crippen LogP contribution in [0.25, 0.3) is 0 Å². The molecule has 0 bridgehead atoms. The lowest BCUT2D eigenvalue weighted by Crippen LogP contribution is -2.30. The fourth-order valence-corrected chi connectivity index (χ4v) is 3.80. The molecular formula is C14H18N4OS. The van der Waals surface area contributed by atoms with Crippen molar-refractivity contribution in [1.82, 2.24) is 19.0 Å². The van der Waals surface area contributed by atoms with E-state index in [1.54, 1.807) is 18.0 Å². The molecule has 0 aromatic carbocycles. The first kappa shape index (κ1) is 13.3. The molecule has 3 heterocycles. The van der Waals surface area contributed by atoms with Gasteiger partial charge in [0.25, 0.3) is 0 Å². The van der Waals surface area contributed by atoms with E-state index in [0.717, 1.165) is 19.5 Å². The number of imidazole rings is 1. The van der Waals surface area contributed by atoms with Gasteiger partial charge in [-0.2, -0.15) is 0 Å². The number of carbonyl (C=O) groups excluding carboxylic acids is 1. The number of nitrogens with zero attached hydrogens (tertiary/aromatic N) is 4. The number of hydrogen-bond acceptors (Lipinski definition) is 3. The largest absolute Gasteiger partial charge is 0.352 e. The number of hydrogen-bond donors (Lipinski definition) is 0. The molecular weight excluding hydrogens is 272 g/mol. The van der Waals surface area contributed by atoms with Crippen LogP contribution in [0.15, 0.2) is 37.1 Å². The van der Waals surface area contributed by atoms with Gasteiger partial charge in [0, 0.05) is 38.7 Å². The molecule has 1 atom stereocenters. The Balaban J connectivity index is 1.63. The molecule has 0 saturated carbocycles. The molecule has 1 aliphatic rings. The minimum atomic E-state index is 0.158. The molecule has 1 saturated heterocycles. The van der Waals surface area contributed by atoms with Gasteiger partial charge in [-0.1, -0.05) is 0 Å². The second kappa shape index (κ2) is 5.75. The molecule has 0 spiro atoms. The number of aryl methyl sites for hydroxylation is 2. The summed E-state index contributed by atoms with van der Waals surface area (Å²) in [6, 6.07) is 4.13. The quantitative estimate of drug-likeness (QED) is 0.844. The van der Waals surface area contributed by atoms with Crippen molar-refractivity contribution in [1.29, 1.82) is 0 Å². The lowest BCUT2D eigenvalue weighted by molar-refractivity contribution is -0.128. The third-order valence-electron chi connectivity index (χ3n) is 3.58. The van der Waals surface area contributed by atoms with Gasteiger partial charge in [-0.15, -0.1) is 11.8 Å². The summed E-state index contributed by atoms with van der Waals surface area (Å²) >= 11 is 1.71. The molecule has 2 aromatic rings. The topological polar surface area (TPSA) is 43.1 Å². The average molecular weight is 290 g/mol. The molecule has 3 rings (SSSR count). The Morgan fingerprint density at radius 2 is 2.30 bits per heavy atom. The fourth-order valence-electron chi connectivity index (χ4n) is 2.51. The van der Waals surface area contributed by atoms with Crippen LogP contribution < -0.4 is 0 Å². The molecule has 1 unspecified atom stereocenters. The van der Waals surface area contributed by atoms with Crippen molar-refractivity contribution in [2.24, 2.45) is 7.05 Å². The predicted octanol–water partition coefficient (Wildman–Crippen LogP) is 1.89. The Labute approximate surface area is 122 Å². The van der Waals surface area contributed by atoms with Crippen LogP contribution in [-0.2, 0) is 18.4 Å². The maximum atomic E-state index is 12.1. The van der Waals surface area contributed by atoms with Crippen molar-refractivity contribution < 1.29 is 4.79 Å². The lowest BCUT2D eigenvalue weighted by atomic mass is 10.3. The highest BCUT2D eigenvalue weighted by molar-refractivity contribution is 8.00. The van der Waals surface area contributed by atoms with Gasteiger partial charge in [0.1, 0.15) is 5.37 Å². The number of rotatable bonds is 5. The second-order valence-corrected chi connectivity index (χ2v) is 6.02. The van der Waals surface area contributed by atoms with E-state index in [-0.39, 0.29) is 11.3 Å². The first-order valence-corrected chi connectivity index (χ1v) is 7.78. The normalized spacial score (nSPS) is 18.9. The van der Waals surface area contributed by atoms with Gasteiger partial charge in [0.2, 0.25) is 5.91 Å². The second-order valence-electron chi connectivity index (χ2n) is 4.95. The standard InChI is InChI=1S/C14H18N4OS/c1-16-6-2-4-12(16)14-18(13(19)10-20-14)8-3-7-17-9-5-15-11-17/h2,4-6,9,11,14H,3,7-8,10H2,1H3. The highest BCUT2D eigenvalue weighted by Gasteiger charge is 2.33. The monoisotopic (exact) mass is 290 g/mol. The van der Waals surface area contributed by atoms with E-state index in [9.17, 15) is 4.79 Å². The zero-order chi connectivity index (χ0) is 13.9. The Morgan fingerprint density at radius 1 is 1.40 bits per heavy atom. The van der Waals surface area contributed by atoms with Crippen LogP contribution in [0.5, 0.6) is 0 Å². The van der Waals surface area contributed by atoms with Crippen molar-refractivity contribution in [2.75, 3.05) is 12.3 Å². The third-order valence-corrected chi connectivity index (χ3v) is 4.80. The summed E-state index contributed by atoms with van der Waals surface area (Å²) in [5, 5.41) is 0.158.